The lowest BCUT2D eigenvalue weighted by Gasteiger charge is -2.19. The van der Waals surface area contributed by atoms with Crippen LogP contribution in [0.2, 0.25) is 0 Å². The summed E-state index contributed by atoms with van der Waals surface area (Å²) in [5, 5.41) is 5.08. The molecule has 8 nitrogen and oxygen atoms in total. The van der Waals surface area contributed by atoms with Gasteiger partial charge in [0, 0.05) is 32.0 Å². The third kappa shape index (κ3) is 8.91. The molecule has 0 saturated heterocycles. The highest BCUT2D eigenvalue weighted by Crippen LogP contribution is 2.15. The molecule has 2 N–H and O–H groups in total. The summed E-state index contributed by atoms with van der Waals surface area (Å²) >= 11 is 0. The molecule has 0 fully saturated rings. The van der Waals surface area contributed by atoms with Crippen molar-refractivity contribution in [1.82, 2.24) is 5.32 Å². The predicted molar refractivity (Wildman–Crippen MR) is 99.2 cm³/mol. The Morgan fingerprint density at radius 2 is 1.69 bits per heavy atom. The molecule has 0 radical (unpaired) electrons. The standard InChI is InChI=1S/C18H27N3O5/c1-18(2,3)26-17(24)19-11-10-16(23)25-12-15(22)20-13-6-8-14(9-7-13)21(4)5/h6-9H,10-12H2,1-5H3,(H,19,24)(H,20,22). The van der Waals surface area contributed by atoms with E-state index in [1.807, 2.05) is 31.1 Å². The second-order valence-corrected chi connectivity index (χ2v) is 6.83. The summed E-state index contributed by atoms with van der Waals surface area (Å²) in [5.41, 5.74) is 1.02. The zero-order valence-corrected chi connectivity index (χ0v) is 15.9. The molecule has 26 heavy (non-hydrogen) atoms. The molecule has 0 spiro atoms. The van der Waals surface area contributed by atoms with Crippen LogP contribution in [0.15, 0.2) is 24.3 Å². The van der Waals surface area contributed by atoms with Gasteiger partial charge in [-0.3, -0.25) is 9.59 Å². The van der Waals surface area contributed by atoms with E-state index < -0.39 is 23.6 Å². The molecule has 2 amide bonds. The molecule has 0 saturated carbocycles. The fourth-order valence-corrected chi connectivity index (χ4v) is 1.84. The average molecular weight is 365 g/mol. The van der Waals surface area contributed by atoms with Crippen LogP contribution in [-0.4, -0.2) is 50.8 Å². The number of esters is 1. The minimum atomic E-state index is -0.607. The van der Waals surface area contributed by atoms with E-state index >= 15 is 0 Å². The summed E-state index contributed by atoms with van der Waals surface area (Å²) in [5.74, 6) is -1.02. The number of carbonyl (C=O) groups excluding carboxylic acids is 3. The highest BCUT2D eigenvalue weighted by molar-refractivity contribution is 5.93. The van der Waals surface area contributed by atoms with Gasteiger partial charge in [0.05, 0.1) is 6.42 Å². The molecule has 0 aromatic heterocycles. The number of anilines is 2. The van der Waals surface area contributed by atoms with Gasteiger partial charge in [-0.25, -0.2) is 4.79 Å². The maximum atomic E-state index is 11.8. The summed E-state index contributed by atoms with van der Waals surface area (Å²) in [4.78, 5) is 36.7. The number of amides is 2. The lowest BCUT2D eigenvalue weighted by atomic mass is 10.2. The Morgan fingerprint density at radius 1 is 1.08 bits per heavy atom. The first-order valence-electron chi connectivity index (χ1n) is 8.26. The normalized spacial score (nSPS) is 10.7. The maximum Gasteiger partial charge on any atom is 0.407 e. The van der Waals surface area contributed by atoms with Crippen molar-refractivity contribution in [2.45, 2.75) is 32.8 Å². The summed E-state index contributed by atoms with van der Waals surface area (Å²) in [6.45, 7) is 4.91. The molecule has 0 heterocycles. The molecule has 0 aliphatic rings. The molecule has 0 bridgehead atoms. The van der Waals surface area contributed by atoms with E-state index in [4.69, 9.17) is 9.47 Å². The van der Waals surface area contributed by atoms with Gasteiger partial charge in [-0.15, -0.1) is 0 Å². The van der Waals surface area contributed by atoms with Gasteiger partial charge in [0.25, 0.3) is 5.91 Å². The topological polar surface area (TPSA) is 97.0 Å². The van der Waals surface area contributed by atoms with Crippen LogP contribution in [0.25, 0.3) is 0 Å². The summed E-state index contributed by atoms with van der Waals surface area (Å²) in [7, 11) is 3.84. The highest BCUT2D eigenvalue weighted by Gasteiger charge is 2.16. The smallest absolute Gasteiger partial charge is 0.407 e. The minimum Gasteiger partial charge on any atom is -0.456 e. The van der Waals surface area contributed by atoms with E-state index in [2.05, 4.69) is 10.6 Å². The largest absolute Gasteiger partial charge is 0.456 e. The SMILES string of the molecule is CN(C)c1ccc(NC(=O)COC(=O)CCNC(=O)OC(C)(C)C)cc1. The lowest BCUT2D eigenvalue weighted by Crippen LogP contribution is -2.34. The molecule has 1 aromatic carbocycles. The van der Waals surface area contributed by atoms with Crippen molar-refractivity contribution in [3.63, 3.8) is 0 Å². The molecule has 0 unspecified atom stereocenters. The van der Waals surface area contributed by atoms with Gasteiger partial charge in [-0.1, -0.05) is 0 Å². The summed E-state index contributed by atoms with van der Waals surface area (Å²) in [6.07, 6.45) is -0.659. The van der Waals surface area contributed by atoms with Crippen molar-refractivity contribution in [2.24, 2.45) is 0 Å². The van der Waals surface area contributed by atoms with E-state index in [9.17, 15) is 14.4 Å². The number of hydrogen-bond acceptors (Lipinski definition) is 6. The lowest BCUT2D eigenvalue weighted by molar-refractivity contribution is -0.147. The van der Waals surface area contributed by atoms with Crippen molar-refractivity contribution in [3.05, 3.63) is 24.3 Å². The van der Waals surface area contributed by atoms with Crippen LogP contribution in [0.5, 0.6) is 0 Å². The van der Waals surface area contributed by atoms with Crippen molar-refractivity contribution >= 4 is 29.3 Å². The molecular weight excluding hydrogens is 338 g/mol. The van der Waals surface area contributed by atoms with Crippen LogP contribution < -0.4 is 15.5 Å². The van der Waals surface area contributed by atoms with E-state index in [0.29, 0.717) is 5.69 Å². The third-order valence-electron chi connectivity index (χ3n) is 3.03. The molecule has 144 valence electrons. The number of carbonyl (C=O) groups is 3. The maximum absolute atomic E-state index is 11.8. The number of ether oxygens (including phenoxy) is 2. The van der Waals surface area contributed by atoms with Gasteiger partial charge in [-0.05, 0) is 45.0 Å². The monoisotopic (exact) mass is 365 g/mol. The Hall–Kier alpha value is -2.77. The number of alkyl carbamates (subject to hydrolysis) is 1. The van der Waals surface area contributed by atoms with Crippen LogP contribution in [-0.2, 0) is 19.1 Å². The highest BCUT2D eigenvalue weighted by atomic mass is 16.6. The fraction of sp³-hybridized carbons (Fsp3) is 0.500. The van der Waals surface area contributed by atoms with Gasteiger partial charge in [0.1, 0.15) is 5.60 Å². The third-order valence-corrected chi connectivity index (χ3v) is 3.03. The van der Waals surface area contributed by atoms with Crippen LogP contribution in [0.3, 0.4) is 0 Å². The number of hydrogen-bond donors (Lipinski definition) is 2. The number of nitrogens with one attached hydrogen (secondary N) is 2. The van der Waals surface area contributed by atoms with E-state index in [0.717, 1.165) is 5.69 Å². The summed E-state index contributed by atoms with van der Waals surface area (Å²) < 4.78 is 9.91. The molecule has 8 heteroatoms. The van der Waals surface area contributed by atoms with Crippen LogP contribution in [0, 0.1) is 0 Å². The van der Waals surface area contributed by atoms with Gasteiger partial charge in [-0.2, -0.15) is 0 Å². The van der Waals surface area contributed by atoms with Crippen LogP contribution in [0.4, 0.5) is 16.2 Å². The Labute approximate surface area is 153 Å². The van der Waals surface area contributed by atoms with Gasteiger partial charge < -0.3 is 25.0 Å². The van der Waals surface area contributed by atoms with Gasteiger partial charge in [0.2, 0.25) is 0 Å². The van der Waals surface area contributed by atoms with Crippen LogP contribution >= 0.6 is 0 Å². The van der Waals surface area contributed by atoms with Gasteiger partial charge >= 0.3 is 12.1 Å². The van der Waals surface area contributed by atoms with Crippen molar-refractivity contribution in [3.8, 4) is 0 Å². The van der Waals surface area contributed by atoms with Gasteiger partial charge in [0.15, 0.2) is 6.61 Å². The predicted octanol–water partition coefficient (Wildman–Crippen LogP) is 2.15. The zero-order valence-electron chi connectivity index (χ0n) is 15.9. The Morgan fingerprint density at radius 3 is 2.23 bits per heavy atom. The van der Waals surface area contributed by atoms with Crippen molar-refractivity contribution < 1.29 is 23.9 Å². The van der Waals surface area contributed by atoms with Crippen molar-refractivity contribution in [2.75, 3.05) is 37.5 Å². The van der Waals surface area contributed by atoms with E-state index in [1.165, 1.54) is 0 Å². The van der Waals surface area contributed by atoms with E-state index in [-0.39, 0.29) is 19.6 Å². The number of benzene rings is 1. The molecule has 0 aliphatic heterocycles. The Bertz CT molecular complexity index is 621. The molecule has 1 rings (SSSR count). The fourth-order valence-electron chi connectivity index (χ4n) is 1.84. The first-order chi connectivity index (χ1) is 12.1. The molecule has 0 atom stereocenters. The Kier molecular flexibility index (Phi) is 7.89. The number of rotatable bonds is 7. The minimum absolute atomic E-state index is 0.0515. The molecular formula is C18H27N3O5. The quantitative estimate of drug-likeness (QED) is 0.719. The first-order valence-corrected chi connectivity index (χ1v) is 8.26. The molecule has 0 aliphatic carbocycles. The Balaban J connectivity index is 2.25. The second kappa shape index (κ2) is 9.65. The summed E-state index contributed by atoms with van der Waals surface area (Å²) in [6, 6.07) is 7.26. The molecule has 1 aromatic rings. The first kappa shape index (κ1) is 21.3. The zero-order chi connectivity index (χ0) is 19.7. The number of nitrogens with zero attached hydrogens (tertiary/aromatic N) is 1. The van der Waals surface area contributed by atoms with Crippen LogP contribution in [0.1, 0.15) is 27.2 Å². The van der Waals surface area contributed by atoms with Crippen molar-refractivity contribution in [1.29, 1.82) is 0 Å². The second-order valence-electron chi connectivity index (χ2n) is 6.83. The van der Waals surface area contributed by atoms with E-state index in [1.54, 1.807) is 32.9 Å². The average Bonchev–Trinajstić information content (AvgIpc) is 2.51.